The Labute approximate surface area is 298 Å². The van der Waals surface area contributed by atoms with E-state index in [1.54, 1.807) is 33.2 Å². The van der Waals surface area contributed by atoms with Crippen LogP contribution in [0.15, 0.2) is 36.4 Å². The van der Waals surface area contributed by atoms with Gasteiger partial charge < -0.3 is 38.9 Å². The monoisotopic (exact) mass is 691 g/mol. The molecule has 2 aromatic rings. The van der Waals surface area contributed by atoms with Gasteiger partial charge in [-0.3, -0.25) is 19.3 Å². The van der Waals surface area contributed by atoms with Crippen LogP contribution in [0.4, 0.5) is 22.7 Å². The van der Waals surface area contributed by atoms with E-state index in [-0.39, 0.29) is 17.7 Å². The number of carbonyl (C=O) groups excluding carboxylic acids is 3. The number of anilines is 4. The molecule has 12 nitrogen and oxygen atoms in total. The third kappa shape index (κ3) is 9.34. The number of piperazine rings is 2. The second-order valence-electron chi connectivity index (χ2n) is 13.8. The molecule has 0 N–H and O–H groups in total. The molecule has 0 aromatic heterocycles. The Morgan fingerprint density at radius 2 is 1.10 bits per heavy atom. The minimum absolute atomic E-state index is 0.142. The van der Waals surface area contributed by atoms with Gasteiger partial charge in [0.2, 0.25) is 17.7 Å². The summed E-state index contributed by atoms with van der Waals surface area (Å²) in [6.45, 7) is 14.3. The first-order chi connectivity index (χ1) is 24.2. The molecule has 4 heterocycles. The number of likely N-dealkylation sites (N-methyl/N-ethyl adjacent to an activating group) is 2. The van der Waals surface area contributed by atoms with Gasteiger partial charge in [-0.25, -0.2) is 0 Å². The number of ether oxygens (including phenoxy) is 2. The van der Waals surface area contributed by atoms with Crippen LogP contribution in [0, 0.1) is 0 Å². The lowest BCUT2D eigenvalue weighted by Crippen LogP contribution is -2.49. The highest BCUT2D eigenvalue weighted by Gasteiger charge is 2.26. The summed E-state index contributed by atoms with van der Waals surface area (Å²) in [4.78, 5) is 50.8. The standard InChI is InChI=1S/C20H30N4O3.C18H27N3O2/c1-21(2)20(26)14-22-9-11-23(12-10-22)18-7-6-17(13-16(18)15-27-3)24-8-4-5-19(24)25;1-3-19-9-11-20(12-10-19)17-7-6-16(13-15(17)14-23-2)21-8-4-5-18(21)22/h6-7,13H,4-5,8-12,14-15H2,1-3H3;6-7,13H,3-5,8-12,14H2,1-2H3. The fraction of sp³-hybridized carbons (Fsp3) is 0.605. The van der Waals surface area contributed by atoms with Crippen molar-refractivity contribution in [2.45, 2.75) is 45.8 Å². The van der Waals surface area contributed by atoms with Gasteiger partial charge >= 0.3 is 0 Å². The minimum atomic E-state index is 0.142. The van der Waals surface area contributed by atoms with Crippen LogP contribution in [-0.4, -0.2) is 139 Å². The lowest BCUT2D eigenvalue weighted by Gasteiger charge is -2.37. The zero-order valence-electron chi connectivity index (χ0n) is 30.9. The maximum absolute atomic E-state index is 12.1. The van der Waals surface area contributed by atoms with Crippen LogP contribution in [0.25, 0.3) is 0 Å². The Bertz CT molecular complexity index is 1450. The highest BCUT2D eigenvalue weighted by Crippen LogP contribution is 2.31. The minimum Gasteiger partial charge on any atom is -0.380 e. The summed E-state index contributed by atoms with van der Waals surface area (Å²) >= 11 is 0. The molecule has 4 fully saturated rings. The van der Waals surface area contributed by atoms with Crippen molar-refractivity contribution < 1.29 is 23.9 Å². The van der Waals surface area contributed by atoms with E-state index in [0.717, 1.165) is 107 Å². The Hall–Kier alpha value is -3.71. The average Bonchev–Trinajstić information content (AvgIpc) is 3.77. The van der Waals surface area contributed by atoms with Crippen molar-refractivity contribution in [3.8, 4) is 0 Å². The molecule has 3 amide bonds. The van der Waals surface area contributed by atoms with Crippen molar-refractivity contribution in [2.75, 3.05) is 126 Å². The second-order valence-corrected chi connectivity index (χ2v) is 13.8. The first kappa shape index (κ1) is 37.5. The first-order valence-electron chi connectivity index (χ1n) is 18.2. The van der Waals surface area contributed by atoms with E-state index >= 15 is 0 Å². The summed E-state index contributed by atoms with van der Waals surface area (Å²) in [5, 5.41) is 0. The number of methoxy groups -OCH3 is 2. The molecule has 12 heteroatoms. The van der Waals surface area contributed by atoms with Crippen molar-refractivity contribution in [3.05, 3.63) is 47.5 Å². The molecule has 0 aliphatic carbocycles. The molecule has 4 aliphatic rings. The highest BCUT2D eigenvalue weighted by atomic mass is 16.5. The molecule has 4 aliphatic heterocycles. The SMILES string of the molecule is CCN1CCN(c2ccc(N3CCCC3=O)cc2COC)CC1.COCc1cc(N2CCCC2=O)ccc1N1CCN(CC(=O)N(C)C)CC1. The Morgan fingerprint density at radius 3 is 1.46 bits per heavy atom. The van der Waals surface area contributed by atoms with Crippen LogP contribution in [-0.2, 0) is 37.1 Å². The molecule has 0 atom stereocenters. The van der Waals surface area contributed by atoms with Gasteiger partial charge in [-0.2, -0.15) is 0 Å². The molecule has 0 radical (unpaired) electrons. The van der Waals surface area contributed by atoms with Crippen LogP contribution < -0.4 is 19.6 Å². The van der Waals surface area contributed by atoms with E-state index in [0.29, 0.717) is 32.6 Å². The van der Waals surface area contributed by atoms with Crippen molar-refractivity contribution in [1.82, 2.24) is 14.7 Å². The van der Waals surface area contributed by atoms with Crippen LogP contribution in [0.1, 0.15) is 43.7 Å². The third-order valence-electron chi connectivity index (χ3n) is 10.2. The van der Waals surface area contributed by atoms with E-state index in [2.05, 4.69) is 56.9 Å². The Balaban J connectivity index is 0.000000197. The number of carbonyl (C=O) groups is 3. The summed E-state index contributed by atoms with van der Waals surface area (Å²) in [6.07, 6.45) is 3.18. The summed E-state index contributed by atoms with van der Waals surface area (Å²) in [6, 6.07) is 12.6. The lowest BCUT2D eigenvalue weighted by atomic mass is 10.1. The largest absolute Gasteiger partial charge is 0.380 e. The predicted octanol–water partition coefficient (Wildman–Crippen LogP) is 3.27. The first-order valence-corrected chi connectivity index (χ1v) is 18.2. The third-order valence-corrected chi connectivity index (χ3v) is 10.2. The van der Waals surface area contributed by atoms with E-state index in [1.807, 2.05) is 15.9 Å². The topological polar surface area (TPSA) is 92.3 Å². The fourth-order valence-corrected chi connectivity index (χ4v) is 7.27. The van der Waals surface area contributed by atoms with Crippen molar-refractivity contribution >= 4 is 40.5 Å². The van der Waals surface area contributed by atoms with Crippen LogP contribution >= 0.6 is 0 Å². The number of rotatable bonds is 11. The molecule has 274 valence electrons. The quantitative estimate of drug-likeness (QED) is 0.352. The van der Waals surface area contributed by atoms with E-state index in [9.17, 15) is 14.4 Å². The fourth-order valence-electron chi connectivity index (χ4n) is 7.27. The van der Waals surface area contributed by atoms with Crippen molar-refractivity contribution in [1.29, 1.82) is 0 Å². The Morgan fingerprint density at radius 1 is 0.660 bits per heavy atom. The zero-order valence-corrected chi connectivity index (χ0v) is 30.9. The van der Waals surface area contributed by atoms with E-state index in [4.69, 9.17) is 9.47 Å². The molecule has 0 unspecified atom stereocenters. The molecule has 6 rings (SSSR count). The van der Waals surface area contributed by atoms with Gasteiger partial charge in [-0.05, 0) is 55.8 Å². The summed E-state index contributed by atoms with van der Waals surface area (Å²) < 4.78 is 10.8. The zero-order chi connectivity index (χ0) is 35.6. The van der Waals surface area contributed by atoms with Gasteiger partial charge in [0.1, 0.15) is 0 Å². The average molecular weight is 692 g/mol. The second kappa shape index (κ2) is 18.0. The number of amides is 3. The Kier molecular flexibility index (Phi) is 13.5. The van der Waals surface area contributed by atoms with Gasteiger partial charge in [0.25, 0.3) is 0 Å². The molecule has 0 saturated carbocycles. The summed E-state index contributed by atoms with van der Waals surface area (Å²) in [5.41, 5.74) is 6.66. The van der Waals surface area contributed by atoms with Gasteiger partial charge in [-0.15, -0.1) is 0 Å². The normalized spacial score (nSPS) is 18.9. The van der Waals surface area contributed by atoms with Crippen LogP contribution in [0.2, 0.25) is 0 Å². The maximum Gasteiger partial charge on any atom is 0.236 e. The van der Waals surface area contributed by atoms with Crippen molar-refractivity contribution in [3.63, 3.8) is 0 Å². The van der Waals surface area contributed by atoms with Gasteiger partial charge in [0.15, 0.2) is 0 Å². The van der Waals surface area contributed by atoms with Gasteiger partial charge in [0.05, 0.1) is 19.8 Å². The molecule has 4 saturated heterocycles. The van der Waals surface area contributed by atoms with Crippen molar-refractivity contribution in [2.24, 2.45) is 0 Å². The smallest absolute Gasteiger partial charge is 0.236 e. The molecular formula is C38H57N7O5. The van der Waals surface area contributed by atoms with E-state index < -0.39 is 0 Å². The molecular weight excluding hydrogens is 634 g/mol. The number of hydrogen-bond donors (Lipinski definition) is 0. The molecule has 2 aromatic carbocycles. The lowest BCUT2D eigenvalue weighted by molar-refractivity contribution is -0.130. The number of benzene rings is 2. The number of hydrogen-bond acceptors (Lipinski definition) is 9. The molecule has 0 bridgehead atoms. The van der Waals surface area contributed by atoms with Crippen LogP contribution in [0.3, 0.4) is 0 Å². The summed E-state index contributed by atoms with van der Waals surface area (Å²) in [5.74, 6) is 0.575. The van der Waals surface area contributed by atoms with Gasteiger partial charge in [0, 0.05) is 140 Å². The molecule has 50 heavy (non-hydrogen) atoms. The van der Waals surface area contributed by atoms with Gasteiger partial charge in [-0.1, -0.05) is 6.92 Å². The summed E-state index contributed by atoms with van der Waals surface area (Å²) in [7, 11) is 7.01. The predicted molar refractivity (Wildman–Crippen MR) is 199 cm³/mol. The van der Waals surface area contributed by atoms with Crippen LogP contribution in [0.5, 0.6) is 0 Å². The maximum atomic E-state index is 12.1. The highest BCUT2D eigenvalue weighted by molar-refractivity contribution is 5.96. The number of nitrogens with zero attached hydrogens (tertiary/aromatic N) is 7. The molecule has 0 spiro atoms. The van der Waals surface area contributed by atoms with E-state index in [1.165, 1.54) is 11.3 Å².